The summed E-state index contributed by atoms with van der Waals surface area (Å²) in [6.07, 6.45) is 4.21. The van der Waals surface area contributed by atoms with Crippen LogP contribution in [-0.4, -0.2) is 38.9 Å². The highest BCUT2D eigenvalue weighted by Crippen LogP contribution is 2.39. The Morgan fingerprint density at radius 2 is 1.79 bits per heavy atom. The Hall–Kier alpha value is -3.00. The monoisotopic (exact) mass is 469 g/mol. The third kappa shape index (κ3) is 4.39. The summed E-state index contributed by atoms with van der Waals surface area (Å²) >= 11 is 0. The van der Waals surface area contributed by atoms with Gasteiger partial charge >= 0.3 is 0 Å². The first-order valence-electron chi connectivity index (χ1n) is 11.8. The van der Waals surface area contributed by atoms with Crippen molar-refractivity contribution >= 4 is 23.3 Å². The zero-order chi connectivity index (χ0) is 24.8. The van der Waals surface area contributed by atoms with Crippen LogP contribution in [-0.2, 0) is 11.8 Å². The number of hydrogen-bond acceptors (Lipinski definition) is 4. The zero-order valence-electron chi connectivity index (χ0n) is 20.1. The molecule has 34 heavy (non-hydrogen) atoms. The molecular formula is C26H32FN3O4. The van der Waals surface area contributed by atoms with E-state index in [2.05, 4.69) is 10.6 Å². The predicted molar refractivity (Wildman–Crippen MR) is 127 cm³/mol. The van der Waals surface area contributed by atoms with Crippen molar-refractivity contribution in [1.29, 1.82) is 0 Å². The van der Waals surface area contributed by atoms with Gasteiger partial charge in [-0.05, 0) is 75.8 Å². The minimum Gasteiger partial charge on any atom is -0.393 e. The Morgan fingerprint density at radius 3 is 2.38 bits per heavy atom. The second-order valence-corrected chi connectivity index (χ2v) is 10.1. The number of benzene rings is 1. The maximum Gasteiger partial charge on any atom is 0.294 e. The fraction of sp³-hybridized carbons (Fsp3) is 0.500. The Labute approximate surface area is 198 Å². The Balaban J connectivity index is 1.68. The quantitative estimate of drug-likeness (QED) is 0.441. The smallest absolute Gasteiger partial charge is 0.294 e. The number of halogens is 1. The molecule has 0 atom stereocenters. The predicted octanol–water partition coefficient (Wildman–Crippen LogP) is 3.90. The topological polar surface area (TPSA) is 100 Å². The minimum atomic E-state index is -0.739. The van der Waals surface area contributed by atoms with E-state index in [9.17, 15) is 23.9 Å². The molecule has 2 aliphatic rings. The van der Waals surface area contributed by atoms with Gasteiger partial charge < -0.3 is 20.3 Å². The van der Waals surface area contributed by atoms with Gasteiger partial charge in [0.05, 0.1) is 17.4 Å². The normalized spacial score (nSPS) is 22.4. The number of carbonyl (C=O) groups excluding carboxylic acids is 3. The van der Waals surface area contributed by atoms with Gasteiger partial charge in [-0.3, -0.25) is 14.4 Å². The maximum atomic E-state index is 13.7. The lowest BCUT2D eigenvalue weighted by molar-refractivity contribution is -0.121. The number of ketones is 1. The molecule has 2 fully saturated rings. The van der Waals surface area contributed by atoms with Crippen LogP contribution in [0.5, 0.6) is 0 Å². The van der Waals surface area contributed by atoms with Crippen molar-refractivity contribution in [1.82, 2.24) is 9.88 Å². The number of carbonyl (C=O) groups is 3. The van der Waals surface area contributed by atoms with E-state index in [4.69, 9.17) is 0 Å². The molecule has 1 aromatic heterocycles. The van der Waals surface area contributed by atoms with Gasteiger partial charge in [0.15, 0.2) is 0 Å². The van der Waals surface area contributed by atoms with Crippen LogP contribution < -0.4 is 10.6 Å². The molecule has 7 nitrogen and oxygen atoms in total. The van der Waals surface area contributed by atoms with E-state index < -0.39 is 23.3 Å². The number of aromatic nitrogens is 1. The molecule has 1 aromatic carbocycles. The number of amides is 2. The van der Waals surface area contributed by atoms with E-state index in [-0.39, 0.29) is 23.3 Å². The maximum absolute atomic E-state index is 13.7. The summed E-state index contributed by atoms with van der Waals surface area (Å²) in [4.78, 5) is 39.5. The molecule has 0 spiro atoms. The highest BCUT2D eigenvalue weighted by molar-refractivity contribution is 6.43. The number of aliphatic hydroxyl groups excluding tert-OH is 1. The number of Topliss-reactive ketones (excluding diaryl/α,β-unsaturated/α-hetero) is 1. The second-order valence-electron chi connectivity index (χ2n) is 10.1. The Morgan fingerprint density at radius 1 is 1.15 bits per heavy atom. The molecule has 182 valence electrons. The molecule has 0 unspecified atom stereocenters. The molecule has 0 radical (unpaired) electrons. The fourth-order valence-electron chi connectivity index (χ4n) is 5.57. The number of nitrogens with zero attached hydrogens (tertiary/aromatic N) is 1. The van der Waals surface area contributed by atoms with Crippen LogP contribution in [0.3, 0.4) is 0 Å². The van der Waals surface area contributed by atoms with Crippen LogP contribution in [0.1, 0.15) is 89.0 Å². The molecule has 0 saturated heterocycles. The van der Waals surface area contributed by atoms with Crippen LogP contribution in [0.15, 0.2) is 18.2 Å². The van der Waals surface area contributed by atoms with E-state index in [0.717, 1.165) is 31.4 Å². The van der Waals surface area contributed by atoms with Gasteiger partial charge in [-0.25, -0.2) is 4.39 Å². The van der Waals surface area contributed by atoms with Crippen LogP contribution >= 0.6 is 0 Å². The van der Waals surface area contributed by atoms with Gasteiger partial charge in [0, 0.05) is 29.9 Å². The number of aliphatic hydroxyl groups is 1. The van der Waals surface area contributed by atoms with Crippen molar-refractivity contribution in [3.63, 3.8) is 0 Å². The summed E-state index contributed by atoms with van der Waals surface area (Å²) in [7, 11) is 1.73. The number of aryl methyl sites for hydroxylation is 1. The molecule has 0 aliphatic heterocycles. The summed E-state index contributed by atoms with van der Waals surface area (Å²) < 4.78 is 15.4. The highest BCUT2D eigenvalue weighted by atomic mass is 19.1. The zero-order valence-corrected chi connectivity index (χ0v) is 20.1. The average Bonchev–Trinajstić information content (AvgIpc) is 3.35. The summed E-state index contributed by atoms with van der Waals surface area (Å²) in [6, 6.07) is 4.37. The SMILES string of the molecule is Cc1cc(NC(=O)c2c(C)c(C(=O)C(=O)N[C@]3(C)C[C@H](O)C3)n(C)c2C2CCCC2)ccc1F. The average molecular weight is 470 g/mol. The lowest BCUT2D eigenvalue weighted by atomic mass is 9.76. The molecular weight excluding hydrogens is 437 g/mol. The molecule has 2 saturated carbocycles. The summed E-state index contributed by atoms with van der Waals surface area (Å²) in [5.41, 5.74) is 2.08. The first-order chi connectivity index (χ1) is 16.0. The number of hydrogen-bond donors (Lipinski definition) is 3. The number of nitrogens with one attached hydrogen (secondary N) is 2. The molecule has 2 amide bonds. The molecule has 3 N–H and O–H groups in total. The Bertz CT molecular complexity index is 1160. The molecule has 2 aliphatic carbocycles. The van der Waals surface area contributed by atoms with Crippen molar-refractivity contribution in [3.05, 3.63) is 52.1 Å². The van der Waals surface area contributed by atoms with Crippen LogP contribution in [0.25, 0.3) is 0 Å². The lowest BCUT2D eigenvalue weighted by Crippen LogP contribution is -2.58. The molecule has 4 rings (SSSR count). The van der Waals surface area contributed by atoms with E-state index >= 15 is 0 Å². The van der Waals surface area contributed by atoms with Gasteiger partial charge in [-0.2, -0.15) is 0 Å². The molecule has 8 heteroatoms. The van der Waals surface area contributed by atoms with Crippen molar-refractivity contribution in [3.8, 4) is 0 Å². The molecule has 1 heterocycles. The van der Waals surface area contributed by atoms with Crippen LogP contribution in [0.2, 0.25) is 0 Å². The van der Waals surface area contributed by atoms with Gasteiger partial charge in [-0.1, -0.05) is 12.8 Å². The van der Waals surface area contributed by atoms with Crippen LogP contribution in [0.4, 0.5) is 10.1 Å². The summed E-state index contributed by atoms with van der Waals surface area (Å²) in [6.45, 7) is 5.12. The van der Waals surface area contributed by atoms with Gasteiger partial charge in [0.2, 0.25) is 0 Å². The third-order valence-electron chi connectivity index (χ3n) is 7.28. The molecule has 0 bridgehead atoms. The largest absolute Gasteiger partial charge is 0.393 e. The van der Waals surface area contributed by atoms with E-state index in [1.54, 1.807) is 38.5 Å². The number of rotatable bonds is 6. The summed E-state index contributed by atoms with van der Waals surface area (Å²) in [5.74, 6) is -2.05. The standard InChI is InChI=1S/C26H32FN3O4/c1-14-11-17(9-10-19(14)27)28-24(33)20-15(2)21(30(4)22(20)16-7-5-6-8-16)23(32)25(34)29-26(3)12-18(31)13-26/h9-11,16,18,31H,5-8,12-13H2,1-4H3,(H,28,33)(H,29,34)/t18-,26+. The van der Waals surface area contributed by atoms with E-state index in [0.29, 0.717) is 35.2 Å². The van der Waals surface area contributed by atoms with Crippen molar-refractivity contribution in [2.24, 2.45) is 7.05 Å². The van der Waals surface area contributed by atoms with E-state index in [1.165, 1.54) is 12.1 Å². The second kappa shape index (κ2) is 8.98. The fourth-order valence-corrected chi connectivity index (χ4v) is 5.57. The number of anilines is 1. The van der Waals surface area contributed by atoms with E-state index in [1.807, 2.05) is 0 Å². The van der Waals surface area contributed by atoms with Crippen molar-refractivity contribution < 1.29 is 23.9 Å². The highest BCUT2D eigenvalue weighted by Gasteiger charge is 2.42. The van der Waals surface area contributed by atoms with Crippen molar-refractivity contribution in [2.45, 2.75) is 76.9 Å². The minimum absolute atomic E-state index is 0.114. The Kier molecular flexibility index (Phi) is 6.38. The first kappa shape index (κ1) is 24.1. The summed E-state index contributed by atoms with van der Waals surface area (Å²) in [5, 5.41) is 15.2. The third-order valence-corrected chi connectivity index (χ3v) is 7.28. The van der Waals surface area contributed by atoms with Gasteiger partial charge in [-0.15, -0.1) is 0 Å². The van der Waals surface area contributed by atoms with Crippen molar-refractivity contribution in [2.75, 3.05) is 5.32 Å². The molecule has 2 aromatic rings. The van der Waals surface area contributed by atoms with Crippen LogP contribution in [0, 0.1) is 19.7 Å². The van der Waals surface area contributed by atoms with Gasteiger partial charge in [0.25, 0.3) is 17.6 Å². The first-order valence-corrected chi connectivity index (χ1v) is 11.8. The van der Waals surface area contributed by atoms with Gasteiger partial charge in [0.1, 0.15) is 5.82 Å². The lowest BCUT2D eigenvalue weighted by Gasteiger charge is -2.42.